The van der Waals surface area contributed by atoms with E-state index in [1.165, 1.54) is 6.07 Å². The lowest BCUT2D eigenvalue weighted by molar-refractivity contribution is 0.628. The predicted molar refractivity (Wildman–Crippen MR) is 106 cm³/mol. The number of anilines is 2. The van der Waals surface area contributed by atoms with Gasteiger partial charge in [-0.05, 0) is 36.8 Å². The standard InChI is InChI=1S/C20H15ClFN3S/c1-12-9-15-19(23-14-7-8-17(22)16(21)11-14)24-18(25-20(15)26-12)10-13-5-3-2-4-6-13/h2-9,11H,10H2,1H3,(H,23,24,25). The minimum atomic E-state index is -0.443. The summed E-state index contributed by atoms with van der Waals surface area (Å²) in [7, 11) is 0. The Morgan fingerprint density at radius 1 is 1.08 bits per heavy atom. The fourth-order valence-electron chi connectivity index (χ4n) is 2.75. The molecule has 0 radical (unpaired) electrons. The third-order valence-electron chi connectivity index (χ3n) is 3.95. The van der Waals surface area contributed by atoms with Crippen LogP contribution in [0.25, 0.3) is 10.2 Å². The second-order valence-corrected chi connectivity index (χ2v) is 7.62. The maximum absolute atomic E-state index is 13.4. The number of benzene rings is 2. The zero-order chi connectivity index (χ0) is 18.1. The molecule has 0 aliphatic rings. The average Bonchev–Trinajstić information content (AvgIpc) is 3.00. The van der Waals surface area contributed by atoms with Crippen LogP contribution in [0, 0.1) is 12.7 Å². The van der Waals surface area contributed by atoms with Gasteiger partial charge < -0.3 is 5.32 Å². The van der Waals surface area contributed by atoms with Crippen LogP contribution in [0.4, 0.5) is 15.9 Å². The maximum atomic E-state index is 13.4. The summed E-state index contributed by atoms with van der Waals surface area (Å²) in [5, 5.41) is 4.28. The normalized spacial score (nSPS) is 11.0. The van der Waals surface area contributed by atoms with Crippen molar-refractivity contribution in [3.8, 4) is 0 Å². The molecule has 2 heterocycles. The van der Waals surface area contributed by atoms with Gasteiger partial charge in [0.15, 0.2) is 0 Å². The van der Waals surface area contributed by atoms with Crippen LogP contribution in [0.3, 0.4) is 0 Å². The molecule has 130 valence electrons. The highest BCUT2D eigenvalue weighted by atomic mass is 35.5. The summed E-state index contributed by atoms with van der Waals surface area (Å²) in [5.41, 5.74) is 1.84. The van der Waals surface area contributed by atoms with Gasteiger partial charge in [0.1, 0.15) is 22.3 Å². The van der Waals surface area contributed by atoms with E-state index >= 15 is 0 Å². The average molecular weight is 384 g/mol. The monoisotopic (exact) mass is 383 g/mol. The van der Waals surface area contributed by atoms with Gasteiger partial charge in [-0.2, -0.15) is 0 Å². The van der Waals surface area contributed by atoms with Crippen molar-refractivity contribution in [2.45, 2.75) is 13.3 Å². The minimum Gasteiger partial charge on any atom is -0.340 e. The van der Waals surface area contributed by atoms with Gasteiger partial charge in [0.05, 0.1) is 10.4 Å². The molecule has 2 aromatic heterocycles. The summed E-state index contributed by atoms with van der Waals surface area (Å²) in [6, 6.07) is 16.7. The summed E-state index contributed by atoms with van der Waals surface area (Å²) in [4.78, 5) is 11.5. The quantitative estimate of drug-likeness (QED) is 0.460. The summed E-state index contributed by atoms with van der Waals surface area (Å²) >= 11 is 7.53. The minimum absolute atomic E-state index is 0.0753. The van der Waals surface area contributed by atoms with Crippen LogP contribution >= 0.6 is 22.9 Å². The zero-order valence-corrected chi connectivity index (χ0v) is 15.5. The van der Waals surface area contributed by atoms with Gasteiger partial charge in [-0.15, -0.1) is 11.3 Å². The number of hydrogen-bond donors (Lipinski definition) is 1. The molecule has 4 aromatic rings. The highest BCUT2D eigenvalue weighted by molar-refractivity contribution is 7.18. The molecule has 0 bridgehead atoms. The van der Waals surface area contributed by atoms with Gasteiger partial charge in [-0.25, -0.2) is 14.4 Å². The van der Waals surface area contributed by atoms with E-state index in [1.807, 2.05) is 25.1 Å². The molecule has 0 fully saturated rings. The number of aryl methyl sites for hydroxylation is 1. The molecule has 0 saturated carbocycles. The first-order valence-electron chi connectivity index (χ1n) is 8.11. The Kier molecular flexibility index (Phi) is 4.57. The molecule has 3 nitrogen and oxygen atoms in total. The van der Waals surface area contributed by atoms with E-state index < -0.39 is 5.82 Å². The number of rotatable bonds is 4. The lowest BCUT2D eigenvalue weighted by atomic mass is 10.1. The zero-order valence-electron chi connectivity index (χ0n) is 14.0. The molecule has 0 amide bonds. The maximum Gasteiger partial charge on any atom is 0.142 e. The van der Waals surface area contributed by atoms with Crippen LogP contribution < -0.4 is 5.32 Å². The van der Waals surface area contributed by atoms with Crippen LogP contribution in [0.2, 0.25) is 5.02 Å². The van der Waals surface area contributed by atoms with Crippen molar-refractivity contribution in [2.24, 2.45) is 0 Å². The number of aromatic nitrogens is 2. The predicted octanol–water partition coefficient (Wildman–Crippen LogP) is 6.13. The molecule has 2 aromatic carbocycles. The van der Waals surface area contributed by atoms with E-state index in [4.69, 9.17) is 21.6 Å². The molecule has 0 aliphatic carbocycles. The second kappa shape index (κ2) is 7.02. The molecular weight excluding hydrogens is 369 g/mol. The van der Waals surface area contributed by atoms with Gasteiger partial charge in [0.25, 0.3) is 0 Å². The van der Waals surface area contributed by atoms with Gasteiger partial charge >= 0.3 is 0 Å². The fraction of sp³-hybridized carbons (Fsp3) is 0.100. The molecule has 4 rings (SSSR count). The van der Waals surface area contributed by atoms with Crippen molar-refractivity contribution >= 4 is 44.7 Å². The number of nitrogens with one attached hydrogen (secondary N) is 1. The Hall–Kier alpha value is -2.50. The van der Waals surface area contributed by atoms with Gasteiger partial charge in [0.2, 0.25) is 0 Å². The van der Waals surface area contributed by atoms with Crippen molar-refractivity contribution in [1.82, 2.24) is 9.97 Å². The highest BCUT2D eigenvalue weighted by Gasteiger charge is 2.12. The summed E-state index contributed by atoms with van der Waals surface area (Å²) < 4.78 is 13.4. The van der Waals surface area contributed by atoms with E-state index in [0.29, 0.717) is 17.9 Å². The van der Waals surface area contributed by atoms with Crippen molar-refractivity contribution in [2.75, 3.05) is 5.32 Å². The van der Waals surface area contributed by atoms with Crippen molar-refractivity contribution < 1.29 is 4.39 Å². The third-order valence-corrected chi connectivity index (χ3v) is 5.18. The van der Waals surface area contributed by atoms with E-state index in [9.17, 15) is 4.39 Å². The molecular formula is C20H15ClFN3S. The molecule has 1 N–H and O–H groups in total. The lowest BCUT2D eigenvalue weighted by Gasteiger charge is -2.10. The summed E-state index contributed by atoms with van der Waals surface area (Å²) in [6.07, 6.45) is 0.645. The second-order valence-electron chi connectivity index (χ2n) is 5.98. The Morgan fingerprint density at radius 3 is 2.65 bits per heavy atom. The van der Waals surface area contributed by atoms with Crippen molar-refractivity contribution in [1.29, 1.82) is 0 Å². The first-order chi connectivity index (χ1) is 12.6. The van der Waals surface area contributed by atoms with Gasteiger partial charge in [-0.1, -0.05) is 41.9 Å². The Balaban J connectivity index is 1.75. The van der Waals surface area contributed by atoms with Gasteiger partial charge in [0, 0.05) is 17.0 Å². The molecule has 6 heteroatoms. The topological polar surface area (TPSA) is 37.8 Å². The van der Waals surface area contributed by atoms with E-state index in [-0.39, 0.29) is 5.02 Å². The summed E-state index contributed by atoms with van der Waals surface area (Å²) in [5.74, 6) is 0.996. The van der Waals surface area contributed by atoms with E-state index in [1.54, 1.807) is 23.5 Å². The van der Waals surface area contributed by atoms with Crippen LogP contribution in [0.15, 0.2) is 54.6 Å². The van der Waals surface area contributed by atoms with E-state index in [2.05, 4.69) is 23.5 Å². The first kappa shape index (κ1) is 16.9. The van der Waals surface area contributed by atoms with Crippen LogP contribution in [-0.2, 0) is 6.42 Å². The van der Waals surface area contributed by atoms with Crippen molar-refractivity contribution in [3.63, 3.8) is 0 Å². The van der Waals surface area contributed by atoms with Crippen LogP contribution in [0.5, 0.6) is 0 Å². The lowest BCUT2D eigenvalue weighted by Crippen LogP contribution is -2.01. The number of thiophene rings is 1. The molecule has 0 unspecified atom stereocenters. The largest absolute Gasteiger partial charge is 0.340 e. The first-order valence-corrected chi connectivity index (χ1v) is 9.31. The van der Waals surface area contributed by atoms with E-state index in [0.717, 1.165) is 26.5 Å². The molecule has 0 aliphatic heterocycles. The van der Waals surface area contributed by atoms with Gasteiger partial charge in [-0.3, -0.25) is 0 Å². The SMILES string of the molecule is Cc1cc2c(Nc3ccc(F)c(Cl)c3)nc(Cc3ccccc3)nc2s1. The molecule has 0 atom stereocenters. The Labute approximate surface area is 159 Å². The van der Waals surface area contributed by atoms with Crippen LogP contribution in [0.1, 0.15) is 16.3 Å². The molecule has 26 heavy (non-hydrogen) atoms. The number of hydrogen-bond acceptors (Lipinski definition) is 4. The fourth-order valence-corrected chi connectivity index (χ4v) is 3.83. The smallest absolute Gasteiger partial charge is 0.142 e. The summed E-state index contributed by atoms with van der Waals surface area (Å²) in [6.45, 7) is 2.04. The Morgan fingerprint density at radius 2 is 1.88 bits per heavy atom. The van der Waals surface area contributed by atoms with Crippen molar-refractivity contribution in [3.05, 3.63) is 81.7 Å². The van der Waals surface area contributed by atoms with Crippen LogP contribution in [-0.4, -0.2) is 9.97 Å². The molecule has 0 saturated heterocycles. The number of fused-ring (bicyclic) bond motifs is 1. The molecule has 0 spiro atoms. The number of halogens is 2. The highest BCUT2D eigenvalue weighted by Crippen LogP contribution is 2.31. The Bertz CT molecular complexity index is 1080. The third kappa shape index (κ3) is 3.54. The number of nitrogens with zero attached hydrogens (tertiary/aromatic N) is 2.